The molecule has 6 heteroatoms. The number of carbonyl (C=O) groups is 2. The summed E-state index contributed by atoms with van der Waals surface area (Å²) in [6.07, 6.45) is 0. The molecule has 0 saturated carbocycles. The third kappa shape index (κ3) is 5.24. The molecule has 0 saturated heterocycles. The highest BCUT2D eigenvalue weighted by Gasteiger charge is 2.12. The first kappa shape index (κ1) is 18.8. The lowest BCUT2D eigenvalue weighted by molar-refractivity contribution is 0.0526. The number of hydrogen-bond acceptors (Lipinski definition) is 5. The Morgan fingerprint density at radius 2 is 1.74 bits per heavy atom. The minimum atomic E-state index is -0.387. The number of ether oxygens (including phenoxy) is 1. The van der Waals surface area contributed by atoms with Gasteiger partial charge in [0.25, 0.3) is 5.91 Å². The first-order chi connectivity index (χ1) is 13.2. The molecule has 1 heterocycles. The van der Waals surface area contributed by atoms with Crippen LogP contribution in [-0.4, -0.2) is 18.5 Å². The molecule has 0 fully saturated rings. The Labute approximate surface area is 161 Å². The summed E-state index contributed by atoms with van der Waals surface area (Å²) in [6.45, 7) is 2.07. The summed E-state index contributed by atoms with van der Waals surface area (Å²) in [5.41, 5.74) is 1.01. The van der Waals surface area contributed by atoms with Crippen molar-refractivity contribution in [3.63, 3.8) is 0 Å². The molecule has 0 aliphatic carbocycles. The molecular weight excluding hydrogens is 362 g/mol. The lowest BCUT2D eigenvalue weighted by Gasteiger charge is -2.05. The van der Waals surface area contributed by atoms with Gasteiger partial charge in [-0.15, -0.1) is 11.8 Å². The van der Waals surface area contributed by atoms with E-state index in [0.29, 0.717) is 23.6 Å². The van der Waals surface area contributed by atoms with E-state index in [9.17, 15) is 9.59 Å². The normalized spacial score (nSPS) is 10.4. The van der Waals surface area contributed by atoms with Gasteiger partial charge < -0.3 is 14.5 Å². The molecule has 0 bridgehead atoms. The van der Waals surface area contributed by atoms with E-state index >= 15 is 0 Å². The van der Waals surface area contributed by atoms with Crippen molar-refractivity contribution in [1.29, 1.82) is 0 Å². The van der Waals surface area contributed by atoms with Gasteiger partial charge in [0.15, 0.2) is 5.76 Å². The predicted octanol–water partition coefficient (Wildman–Crippen LogP) is 5.00. The van der Waals surface area contributed by atoms with Crippen molar-refractivity contribution in [3.8, 4) is 0 Å². The molecule has 1 N–H and O–H groups in total. The summed E-state index contributed by atoms with van der Waals surface area (Å²) >= 11 is 1.64. The number of carbonyl (C=O) groups excluding carboxylic acids is 2. The van der Waals surface area contributed by atoms with E-state index < -0.39 is 0 Å². The van der Waals surface area contributed by atoms with Crippen molar-refractivity contribution in [3.05, 3.63) is 83.8 Å². The first-order valence-electron chi connectivity index (χ1n) is 8.51. The molecule has 0 aliphatic heterocycles. The smallest absolute Gasteiger partial charge is 0.338 e. The van der Waals surface area contributed by atoms with Crippen LogP contribution in [0.15, 0.2) is 76.0 Å². The van der Waals surface area contributed by atoms with Gasteiger partial charge in [-0.25, -0.2) is 4.79 Å². The van der Waals surface area contributed by atoms with Crippen LogP contribution in [0.3, 0.4) is 0 Å². The largest absolute Gasteiger partial charge is 0.462 e. The molecule has 0 spiro atoms. The summed E-state index contributed by atoms with van der Waals surface area (Å²) in [4.78, 5) is 25.1. The first-order valence-corrected chi connectivity index (χ1v) is 9.49. The van der Waals surface area contributed by atoms with Crippen LogP contribution in [0.25, 0.3) is 0 Å². The van der Waals surface area contributed by atoms with Crippen molar-refractivity contribution in [2.75, 3.05) is 11.9 Å². The standard InChI is InChI=1S/C21H19NO4S/c1-2-25-21(24)15-8-10-16(11-9-15)22-20(23)19-13-12-17(26-19)14-27-18-6-4-3-5-7-18/h3-13H,2,14H2,1H3,(H,22,23). The van der Waals surface area contributed by atoms with Gasteiger partial charge >= 0.3 is 5.97 Å². The molecule has 0 radical (unpaired) electrons. The second-order valence-corrected chi connectivity index (χ2v) is 6.67. The topological polar surface area (TPSA) is 68.5 Å². The number of furan rings is 1. The second kappa shape index (κ2) is 9.09. The zero-order valence-electron chi connectivity index (χ0n) is 14.8. The zero-order valence-corrected chi connectivity index (χ0v) is 15.6. The summed E-state index contributed by atoms with van der Waals surface area (Å²) in [5, 5.41) is 2.75. The molecule has 0 atom stereocenters. The zero-order chi connectivity index (χ0) is 19.1. The fourth-order valence-electron chi connectivity index (χ4n) is 2.35. The predicted molar refractivity (Wildman–Crippen MR) is 105 cm³/mol. The molecule has 0 unspecified atom stereocenters. The Morgan fingerprint density at radius 1 is 1.00 bits per heavy atom. The average molecular weight is 381 g/mol. The van der Waals surface area contributed by atoms with Gasteiger partial charge in [-0.3, -0.25) is 4.79 Å². The number of hydrogen-bond donors (Lipinski definition) is 1. The van der Waals surface area contributed by atoms with E-state index in [1.54, 1.807) is 55.1 Å². The number of thioether (sulfide) groups is 1. The molecule has 3 aromatic rings. The lowest BCUT2D eigenvalue weighted by Crippen LogP contribution is -2.11. The highest BCUT2D eigenvalue weighted by Crippen LogP contribution is 2.23. The Hall–Kier alpha value is -2.99. The number of benzene rings is 2. The van der Waals surface area contributed by atoms with Crippen molar-refractivity contribution in [2.24, 2.45) is 0 Å². The second-order valence-electron chi connectivity index (χ2n) is 5.62. The number of rotatable bonds is 7. The minimum Gasteiger partial charge on any atom is -0.462 e. The van der Waals surface area contributed by atoms with Crippen LogP contribution in [-0.2, 0) is 10.5 Å². The maximum atomic E-state index is 12.3. The quantitative estimate of drug-likeness (QED) is 0.461. The third-order valence-corrected chi connectivity index (χ3v) is 4.70. The van der Waals surface area contributed by atoms with Crippen LogP contribution >= 0.6 is 11.8 Å². The maximum Gasteiger partial charge on any atom is 0.338 e. The fourth-order valence-corrected chi connectivity index (χ4v) is 3.16. The van der Waals surface area contributed by atoms with Crippen LogP contribution in [0.2, 0.25) is 0 Å². The molecule has 0 aliphatic rings. The van der Waals surface area contributed by atoms with Crippen LogP contribution in [0.4, 0.5) is 5.69 Å². The Balaban J connectivity index is 1.57. The number of anilines is 1. The average Bonchev–Trinajstić information content (AvgIpc) is 3.17. The van der Waals surface area contributed by atoms with E-state index in [2.05, 4.69) is 5.32 Å². The van der Waals surface area contributed by atoms with Crippen LogP contribution < -0.4 is 5.32 Å². The molecule has 138 valence electrons. The van der Waals surface area contributed by atoms with Crippen LogP contribution in [0, 0.1) is 0 Å². The van der Waals surface area contributed by atoms with Gasteiger partial charge in [-0.05, 0) is 55.5 Å². The minimum absolute atomic E-state index is 0.244. The summed E-state index contributed by atoms with van der Waals surface area (Å²) in [7, 11) is 0. The Morgan fingerprint density at radius 3 is 2.44 bits per heavy atom. The van der Waals surface area contributed by atoms with Gasteiger partial charge in [0, 0.05) is 10.6 Å². The maximum absolute atomic E-state index is 12.3. The number of amides is 1. The van der Waals surface area contributed by atoms with Crippen LogP contribution in [0.1, 0.15) is 33.6 Å². The molecule has 1 amide bonds. The van der Waals surface area contributed by atoms with Gasteiger partial charge in [0.05, 0.1) is 17.9 Å². The lowest BCUT2D eigenvalue weighted by atomic mass is 10.2. The van der Waals surface area contributed by atoms with Gasteiger partial charge in [-0.2, -0.15) is 0 Å². The van der Waals surface area contributed by atoms with Crippen molar-refractivity contribution in [2.45, 2.75) is 17.6 Å². The van der Waals surface area contributed by atoms with E-state index in [1.807, 2.05) is 30.3 Å². The van der Waals surface area contributed by atoms with Crippen molar-refractivity contribution >= 4 is 29.3 Å². The molecule has 1 aromatic heterocycles. The number of esters is 1. The highest BCUT2D eigenvalue weighted by atomic mass is 32.2. The molecule has 3 rings (SSSR count). The van der Waals surface area contributed by atoms with E-state index in [0.717, 1.165) is 10.7 Å². The Bertz CT molecular complexity index is 903. The van der Waals surface area contributed by atoms with Gasteiger partial charge in [0.2, 0.25) is 0 Å². The summed E-state index contributed by atoms with van der Waals surface area (Å²) in [5.74, 6) is 0.891. The van der Waals surface area contributed by atoms with Gasteiger partial charge in [-0.1, -0.05) is 18.2 Å². The Kier molecular flexibility index (Phi) is 6.33. The molecule has 5 nitrogen and oxygen atoms in total. The van der Waals surface area contributed by atoms with E-state index in [1.165, 1.54) is 0 Å². The molecule has 27 heavy (non-hydrogen) atoms. The SMILES string of the molecule is CCOC(=O)c1ccc(NC(=O)c2ccc(CSc3ccccc3)o2)cc1. The fraction of sp³-hybridized carbons (Fsp3) is 0.143. The van der Waals surface area contributed by atoms with E-state index in [-0.39, 0.29) is 17.6 Å². The van der Waals surface area contributed by atoms with Crippen molar-refractivity contribution in [1.82, 2.24) is 0 Å². The van der Waals surface area contributed by atoms with Crippen molar-refractivity contribution < 1.29 is 18.7 Å². The highest BCUT2D eigenvalue weighted by molar-refractivity contribution is 7.98. The van der Waals surface area contributed by atoms with Gasteiger partial charge in [0.1, 0.15) is 5.76 Å². The molecule has 2 aromatic carbocycles. The number of nitrogens with one attached hydrogen (secondary N) is 1. The monoisotopic (exact) mass is 381 g/mol. The summed E-state index contributed by atoms with van der Waals surface area (Å²) in [6, 6.07) is 20.0. The third-order valence-electron chi connectivity index (χ3n) is 3.66. The molecular formula is C21H19NO4S. The van der Waals surface area contributed by atoms with Crippen LogP contribution in [0.5, 0.6) is 0 Å². The van der Waals surface area contributed by atoms with E-state index in [4.69, 9.17) is 9.15 Å². The summed E-state index contributed by atoms with van der Waals surface area (Å²) < 4.78 is 10.6.